The van der Waals surface area contributed by atoms with E-state index >= 15 is 0 Å². The molecular formula is C12H13ClINO3. The first-order chi connectivity index (χ1) is 8.51. The van der Waals surface area contributed by atoms with Crippen LogP contribution in [0.2, 0.25) is 5.02 Å². The molecule has 2 rings (SSSR count). The molecule has 0 unspecified atom stereocenters. The minimum atomic E-state index is -0.447. The highest BCUT2D eigenvalue weighted by Gasteiger charge is 2.43. The molecule has 2 N–H and O–H groups in total. The zero-order chi connectivity index (χ0) is 13.3. The average molecular weight is 382 g/mol. The Morgan fingerprint density at radius 1 is 1.61 bits per heavy atom. The molecule has 1 saturated carbocycles. The molecule has 0 bridgehead atoms. The number of hydrogen-bond donors (Lipinski definition) is 2. The number of aliphatic hydroxyl groups excluding tert-OH is 1. The molecule has 0 spiro atoms. The predicted molar refractivity (Wildman–Crippen MR) is 77.2 cm³/mol. The van der Waals surface area contributed by atoms with Gasteiger partial charge in [0.1, 0.15) is 5.75 Å². The Hall–Kier alpha value is -0.530. The van der Waals surface area contributed by atoms with Crippen LogP contribution in [0, 0.1) is 3.57 Å². The summed E-state index contributed by atoms with van der Waals surface area (Å²) in [4.78, 5) is 12.1. The molecule has 18 heavy (non-hydrogen) atoms. The van der Waals surface area contributed by atoms with Gasteiger partial charge in [0.15, 0.2) is 0 Å². The SMILES string of the molecule is COc1cc(I)c(Cl)cc1C(=O)NC1(CO)CC1. The Labute approximate surface area is 124 Å². The van der Waals surface area contributed by atoms with Crippen LogP contribution >= 0.6 is 34.2 Å². The van der Waals surface area contributed by atoms with Gasteiger partial charge in [0, 0.05) is 3.57 Å². The van der Waals surface area contributed by atoms with Crippen molar-refractivity contribution in [3.63, 3.8) is 0 Å². The first-order valence-corrected chi connectivity index (χ1v) is 6.93. The predicted octanol–water partition coefficient (Wildman–Crippen LogP) is 2.21. The summed E-state index contributed by atoms with van der Waals surface area (Å²) in [5, 5.41) is 12.5. The number of carbonyl (C=O) groups excluding carboxylic acids is 1. The smallest absolute Gasteiger partial charge is 0.255 e. The number of methoxy groups -OCH3 is 1. The van der Waals surface area contributed by atoms with Gasteiger partial charge >= 0.3 is 0 Å². The van der Waals surface area contributed by atoms with Gasteiger partial charge in [-0.25, -0.2) is 0 Å². The van der Waals surface area contributed by atoms with Gasteiger partial charge in [0.2, 0.25) is 0 Å². The monoisotopic (exact) mass is 381 g/mol. The van der Waals surface area contributed by atoms with Crippen molar-refractivity contribution in [2.75, 3.05) is 13.7 Å². The molecule has 98 valence electrons. The molecule has 4 nitrogen and oxygen atoms in total. The van der Waals surface area contributed by atoms with Gasteiger partial charge in [0.05, 0.1) is 29.8 Å². The Balaban J connectivity index is 2.26. The Bertz CT molecular complexity index is 488. The highest BCUT2D eigenvalue weighted by molar-refractivity contribution is 14.1. The largest absolute Gasteiger partial charge is 0.496 e. The Morgan fingerprint density at radius 3 is 2.78 bits per heavy atom. The van der Waals surface area contributed by atoms with E-state index in [1.165, 1.54) is 7.11 Å². The minimum absolute atomic E-state index is 0.0425. The summed E-state index contributed by atoms with van der Waals surface area (Å²) in [5.74, 6) is 0.215. The number of carbonyl (C=O) groups is 1. The van der Waals surface area contributed by atoms with Crippen molar-refractivity contribution in [3.05, 3.63) is 26.3 Å². The minimum Gasteiger partial charge on any atom is -0.496 e. The maximum Gasteiger partial charge on any atom is 0.255 e. The van der Waals surface area contributed by atoms with Gasteiger partial charge in [-0.15, -0.1) is 0 Å². The molecule has 0 heterocycles. The molecule has 1 amide bonds. The van der Waals surface area contributed by atoms with Crippen LogP contribution in [-0.4, -0.2) is 30.3 Å². The normalized spacial score (nSPS) is 16.2. The van der Waals surface area contributed by atoms with Crippen LogP contribution in [-0.2, 0) is 0 Å². The van der Waals surface area contributed by atoms with Crippen LogP contribution in [0.3, 0.4) is 0 Å². The maximum absolute atomic E-state index is 12.1. The highest BCUT2D eigenvalue weighted by atomic mass is 127. The molecule has 0 radical (unpaired) electrons. The third-order valence-electron chi connectivity index (χ3n) is 3.02. The standard InChI is InChI=1S/C12H13ClINO3/c1-18-10-5-9(14)8(13)4-7(10)11(17)15-12(6-16)2-3-12/h4-5,16H,2-3,6H2,1H3,(H,15,17). The second-order valence-corrected chi connectivity index (χ2v) is 5.93. The van der Waals surface area contributed by atoms with Gasteiger partial charge < -0.3 is 15.2 Å². The zero-order valence-corrected chi connectivity index (χ0v) is 12.7. The highest BCUT2D eigenvalue weighted by Crippen LogP contribution is 2.36. The number of aliphatic hydroxyl groups is 1. The van der Waals surface area contributed by atoms with Crippen molar-refractivity contribution in [2.24, 2.45) is 0 Å². The van der Waals surface area contributed by atoms with Gasteiger partial charge in [-0.2, -0.15) is 0 Å². The molecule has 1 aliphatic carbocycles. The van der Waals surface area contributed by atoms with Crippen molar-refractivity contribution in [3.8, 4) is 5.75 Å². The molecule has 0 aliphatic heterocycles. The number of amides is 1. The average Bonchev–Trinajstić information content (AvgIpc) is 3.12. The number of nitrogens with one attached hydrogen (secondary N) is 1. The zero-order valence-electron chi connectivity index (χ0n) is 9.80. The lowest BCUT2D eigenvalue weighted by Gasteiger charge is -2.16. The van der Waals surface area contributed by atoms with E-state index in [0.29, 0.717) is 16.3 Å². The van der Waals surface area contributed by atoms with Crippen LogP contribution in [0.15, 0.2) is 12.1 Å². The fourth-order valence-electron chi connectivity index (χ4n) is 1.66. The summed E-state index contributed by atoms with van der Waals surface area (Å²) < 4.78 is 6.01. The van der Waals surface area contributed by atoms with Crippen molar-refractivity contribution >= 4 is 40.1 Å². The van der Waals surface area contributed by atoms with Crippen LogP contribution in [0.25, 0.3) is 0 Å². The van der Waals surface area contributed by atoms with Crippen molar-refractivity contribution in [2.45, 2.75) is 18.4 Å². The van der Waals surface area contributed by atoms with E-state index in [4.69, 9.17) is 16.3 Å². The lowest BCUT2D eigenvalue weighted by atomic mass is 10.1. The van der Waals surface area contributed by atoms with Gasteiger partial charge in [-0.1, -0.05) is 11.6 Å². The summed E-state index contributed by atoms with van der Waals surface area (Å²) in [6.07, 6.45) is 1.60. The fraction of sp³-hybridized carbons (Fsp3) is 0.417. The molecule has 1 aliphatic rings. The van der Waals surface area contributed by atoms with E-state index < -0.39 is 5.54 Å². The van der Waals surface area contributed by atoms with E-state index in [0.717, 1.165) is 16.4 Å². The maximum atomic E-state index is 12.1. The summed E-state index contributed by atoms with van der Waals surface area (Å²) in [6.45, 7) is -0.0425. The summed E-state index contributed by atoms with van der Waals surface area (Å²) in [6, 6.07) is 3.31. The van der Waals surface area contributed by atoms with Gasteiger partial charge in [-0.05, 0) is 47.6 Å². The molecule has 1 aromatic rings. The number of ether oxygens (including phenoxy) is 1. The first-order valence-electron chi connectivity index (χ1n) is 5.48. The van der Waals surface area contributed by atoms with Crippen LogP contribution in [0.5, 0.6) is 5.75 Å². The van der Waals surface area contributed by atoms with E-state index in [9.17, 15) is 9.90 Å². The quantitative estimate of drug-likeness (QED) is 0.786. The van der Waals surface area contributed by atoms with E-state index in [1.54, 1.807) is 12.1 Å². The van der Waals surface area contributed by atoms with Crippen molar-refractivity contribution < 1.29 is 14.6 Å². The lowest BCUT2D eigenvalue weighted by Crippen LogP contribution is -2.39. The van der Waals surface area contributed by atoms with Crippen molar-refractivity contribution in [1.82, 2.24) is 5.32 Å². The number of halogens is 2. The van der Waals surface area contributed by atoms with Crippen LogP contribution in [0.1, 0.15) is 23.2 Å². The van der Waals surface area contributed by atoms with E-state index in [2.05, 4.69) is 27.9 Å². The fourth-order valence-corrected chi connectivity index (χ4v) is 2.26. The first kappa shape index (κ1) is 13.9. The second-order valence-electron chi connectivity index (χ2n) is 4.36. The Kier molecular flexibility index (Phi) is 4.03. The van der Waals surface area contributed by atoms with E-state index in [-0.39, 0.29) is 12.5 Å². The molecule has 1 fully saturated rings. The summed E-state index contributed by atoms with van der Waals surface area (Å²) in [5.41, 5.74) is -0.0555. The number of rotatable bonds is 4. The molecule has 0 atom stereocenters. The molecule has 1 aromatic carbocycles. The molecular weight excluding hydrogens is 368 g/mol. The third kappa shape index (κ3) is 2.73. The van der Waals surface area contributed by atoms with Crippen LogP contribution < -0.4 is 10.1 Å². The third-order valence-corrected chi connectivity index (χ3v) is 4.55. The topological polar surface area (TPSA) is 58.6 Å². The molecule has 0 aromatic heterocycles. The molecule has 0 saturated heterocycles. The lowest BCUT2D eigenvalue weighted by molar-refractivity contribution is 0.0903. The van der Waals surface area contributed by atoms with Crippen molar-refractivity contribution in [1.29, 1.82) is 0 Å². The summed E-state index contributed by atoms with van der Waals surface area (Å²) >= 11 is 8.09. The summed E-state index contributed by atoms with van der Waals surface area (Å²) in [7, 11) is 1.51. The van der Waals surface area contributed by atoms with Gasteiger partial charge in [-0.3, -0.25) is 4.79 Å². The van der Waals surface area contributed by atoms with Gasteiger partial charge in [0.25, 0.3) is 5.91 Å². The second kappa shape index (κ2) is 5.22. The number of benzene rings is 1. The van der Waals surface area contributed by atoms with Crippen LogP contribution in [0.4, 0.5) is 0 Å². The Morgan fingerprint density at radius 2 is 2.28 bits per heavy atom. The molecule has 6 heteroatoms. The number of hydrogen-bond acceptors (Lipinski definition) is 3. The van der Waals surface area contributed by atoms with E-state index in [1.807, 2.05) is 0 Å².